The van der Waals surface area contributed by atoms with Crippen molar-refractivity contribution in [2.24, 2.45) is 0 Å². The molecule has 0 radical (unpaired) electrons. The van der Waals surface area contributed by atoms with Crippen LogP contribution in [0.4, 0.5) is 5.69 Å². The molecule has 6 nitrogen and oxygen atoms in total. The van der Waals surface area contributed by atoms with Crippen LogP contribution in [0.25, 0.3) is 11.3 Å². The Labute approximate surface area is 124 Å². The maximum absolute atomic E-state index is 5.91. The molecule has 0 spiro atoms. The second-order valence-corrected chi connectivity index (χ2v) is 5.32. The second kappa shape index (κ2) is 6.05. The highest BCUT2D eigenvalue weighted by molar-refractivity contribution is 5.71. The highest BCUT2D eigenvalue weighted by Crippen LogP contribution is 2.23. The molecule has 1 aliphatic rings. The lowest BCUT2D eigenvalue weighted by atomic mass is 10.1. The van der Waals surface area contributed by atoms with Crippen molar-refractivity contribution in [2.75, 3.05) is 25.9 Å². The van der Waals surface area contributed by atoms with Crippen LogP contribution in [0.15, 0.2) is 30.9 Å². The molecule has 0 atom stereocenters. The van der Waals surface area contributed by atoms with Crippen LogP contribution in [0.5, 0.6) is 5.88 Å². The molecule has 0 amide bonds. The highest BCUT2D eigenvalue weighted by Gasteiger charge is 2.18. The second-order valence-electron chi connectivity index (χ2n) is 5.32. The van der Waals surface area contributed by atoms with Crippen molar-refractivity contribution in [3.8, 4) is 17.1 Å². The van der Waals surface area contributed by atoms with Gasteiger partial charge in [0.15, 0.2) is 0 Å². The predicted molar refractivity (Wildman–Crippen MR) is 80.8 cm³/mol. The topological polar surface area (TPSA) is 77.2 Å². The zero-order valence-electron chi connectivity index (χ0n) is 12.1. The molecular formula is C15H19N5O. The lowest BCUT2D eigenvalue weighted by Gasteiger charge is -2.28. The number of hydrogen-bond donors (Lipinski definition) is 1. The van der Waals surface area contributed by atoms with E-state index in [0.717, 1.165) is 31.5 Å². The van der Waals surface area contributed by atoms with Crippen LogP contribution in [0.2, 0.25) is 0 Å². The van der Waals surface area contributed by atoms with Crippen molar-refractivity contribution in [2.45, 2.75) is 18.9 Å². The Balaban J connectivity index is 1.68. The van der Waals surface area contributed by atoms with Gasteiger partial charge in [-0.05, 0) is 26.0 Å². The first-order chi connectivity index (χ1) is 10.2. The number of piperidine rings is 1. The summed E-state index contributed by atoms with van der Waals surface area (Å²) in [5, 5.41) is 0. The van der Waals surface area contributed by atoms with Crippen LogP contribution in [0.1, 0.15) is 12.8 Å². The van der Waals surface area contributed by atoms with Gasteiger partial charge in [0.1, 0.15) is 6.10 Å². The predicted octanol–water partition coefficient (Wildman–Crippen LogP) is 1.59. The van der Waals surface area contributed by atoms with Gasteiger partial charge in [0.05, 0.1) is 18.1 Å². The third-order valence-corrected chi connectivity index (χ3v) is 3.71. The number of hydrogen-bond acceptors (Lipinski definition) is 6. The number of aromatic nitrogens is 3. The third-order valence-electron chi connectivity index (χ3n) is 3.71. The zero-order valence-corrected chi connectivity index (χ0v) is 12.1. The summed E-state index contributed by atoms with van der Waals surface area (Å²) in [7, 11) is 2.13. The van der Waals surface area contributed by atoms with Crippen molar-refractivity contribution in [1.82, 2.24) is 19.9 Å². The molecule has 6 heteroatoms. The summed E-state index contributed by atoms with van der Waals surface area (Å²) in [4.78, 5) is 15.1. The first-order valence-electron chi connectivity index (χ1n) is 7.09. The monoisotopic (exact) mass is 285 g/mol. The van der Waals surface area contributed by atoms with E-state index in [1.54, 1.807) is 30.9 Å². The zero-order chi connectivity index (χ0) is 14.7. The number of ether oxygens (including phenoxy) is 1. The van der Waals surface area contributed by atoms with Gasteiger partial charge in [-0.1, -0.05) is 0 Å². The molecule has 2 aromatic rings. The molecule has 3 rings (SSSR count). The van der Waals surface area contributed by atoms with Gasteiger partial charge in [-0.3, -0.25) is 4.98 Å². The molecule has 0 aliphatic carbocycles. The maximum Gasteiger partial charge on any atom is 0.232 e. The summed E-state index contributed by atoms with van der Waals surface area (Å²) in [6.07, 6.45) is 8.95. The molecule has 0 saturated carbocycles. The molecule has 0 bridgehead atoms. The van der Waals surface area contributed by atoms with E-state index in [-0.39, 0.29) is 6.10 Å². The Kier molecular flexibility index (Phi) is 3.96. The number of rotatable bonds is 3. The van der Waals surface area contributed by atoms with Gasteiger partial charge < -0.3 is 15.4 Å². The van der Waals surface area contributed by atoms with Crippen LogP contribution in [-0.4, -0.2) is 46.1 Å². The van der Waals surface area contributed by atoms with Crippen molar-refractivity contribution >= 4 is 5.69 Å². The Hall–Kier alpha value is -2.21. The summed E-state index contributed by atoms with van der Waals surface area (Å²) in [5.74, 6) is 0.566. The SMILES string of the molecule is CN1CCC(Oc2cnc(-c3cnccc3N)cn2)CC1. The van der Waals surface area contributed by atoms with E-state index in [0.29, 0.717) is 17.3 Å². The van der Waals surface area contributed by atoms with E-state index in [1.807, 2.05) is 0 Å². The average Bonchev–Trinajstić information content (AvgIpc) is 2.51. The number of nitrogens with zero attached hydrogens (tertiary/aromatic N) is 4. The minimum Gasteiger partial charge on any atom is -0.473 e. The van der Waals surface area contributed by atoms with Crippen molar-refractivity contribution in [1.29, 1.82) is 0 Å². The van der Waals surface area contributed by atoms with Crippen LogP contribution < -0.4 is 10.5 Å². The number of nitrogen functional groups attached to an aromatic ring is 1. The minimum atomic E-state index is 0.227. The molecule has 1 aliphatic heterocycles. The van der Waals surface area contributed by atoms with Gasteiger partial charge >= 0.3 is 0 Å². The summed E-state index contributed by atoms with van der Waals surface area (Å²) < 4.78 is 5.88. The third kappa shape index (κ3) is 3.28. The summed E-state index contributed by atoms with van der Waals surface area (Å²) in [6.45, 7) is 2.12. The fraction of sp³-hybridized carbons (Fsp3) is 0.400. The molecule has 2 aromatic heterocycles. The average molecular weight is 285 g/mol. The van der Waals surface area contributed by atoms with E-state index in [9.17, 15) is 0 Å². The van der Waals surface area contributed by atoms with E-state index < -0.39 is 0 Å². The molecule has 2 N–H and O–H groups in total. The number of anilines is 1. The van der Waals surface area contributed by atoms with Crippen LogP contribution in [0.3, 0.4) is 0 Å². The smallest absolute Gasteiger partial charge is 0.232 e. The van der Waals surface area contributed by atoms with Crippen LogP contribution >= 0.6 is 0 Å². The molecular weight excluding hydrogens is 266 g/mol. The fourth-order valence-corrected chi connectivity index (χ4v) is 2.41. The summed E-state index contributed by atoms with van der Waals surface area (Å²) in [6, 6.07) is 1.75. The summed E-state index contributed by atoms with van der Waals surface area (Å²) >= 11 is 0. The molecule has 21 heavy (non-hydrogen) atoms. The summed E-state index contributed by atoms with van der Waals surface area (Å²) in [5.41, 5.74) is 8.04. The molecule has 0 aromatic carbocycles. The van der Waals surface area contributed by atoms with E-state index in [1.165, 1.54) is 0 Å². The lowest BCUT2D eigenvalue weighted by molar-refractivity contribution is 0.109. The van der Waals surface area contributed by atoms with Crippen LogP contribution in [-0.2, 0) is 0 Å². The van der Waals surface area contributed by atoms with Gasteiger partial charge in [0.2, 0.25) is 5.88 Å². The maximum atomic E-state index is 5.91. The number of nitrogens with two attached hydrogens (primary N) is 1. The molecule has 1 saturated heterocycles. The Morgan fingerprint density at radius 2 is 2.00 bits per heavy atom. The molecule has 0 unspecified atom stereocenters. The lowest BCUT2D eigenvalue weighted by Crippen LogP contribution is -2.35. The first kappa shape index (κ1) is 13.8. The van der Waals surface area contributed by atoms with Gasteiger partial charge in [-0.15, -0.1) is 0 Å². The fourth-order valence-electron chi connectivity index (χ4n) is 2.41. The van der Waals surface area contributed by atoms with Crippen LogP contribution in [0, 0.1) is 0 Å². The quantitative estimate of drug-likeness (QED) is 0.923. The standard InChI is InChI=1S/C15H19N5O/c1-20-6-3-11(4-7-20)21-15-10-18-14(9-19-15)12-8-17-5-2-13(12)16/h2,5,8-11H,3-4,6-7H2,1H3,(H2,16,17). The Morgan fingerprint density at radius 1 is 1.19 bits per heavy atom. The van der Waals surface area contributed by atoms with E-state index in [4.69, 9.17) is 10.5 Å². The first-order valence-corrected chi connectivity index (χ1v) is 7.09. The molecule has 3 heterocycles. The normalized spacial score (nSPS) is 16.8. The van der Waals surface area contributed by atoms with Crippen molar-refractivity contribution in [3.05, 3.63) is 30.9 Å². The van der Waals surface area contributed by atoms with Gasteiger partial charge in [0.25, 0.3) is 0 Å². The Morgan fingerprint density at radius 3 is 2.67 bits per heavy atom. The van der Waals surface area contributed by atoms with Gasteiger partial charge in [-0.2, -0.15) is 0 Å². The molecule has 110 valence electrons. The van der Waals surface area contributed by atoms with Crippen molar-refractivity contribution < 1.29 is 4.74 Å². The highest BCUT2D eigenvalue weighted by atomic mass is 16.5. The van der Waals surface area contributed by atoms with E-state index in [2.05, 4.69) is 26.9 Å². The number of pyridine rings is 1. The molecule has 1 fully saturated rings. The van der Waals surface area contributed by atoms with Gasteiger partial charge in [-0.25, -0.2) is 9.97 Å². The van der Waals surface area contributed by atoms with Gasteiger partial charge in [0, 0.05) is 36.7 Å². The minimum absolute atomic E-state index is 0.227. The Bertz CT molecular complexity index is 593. The number of likely N-dealkylation sites (tertiary alicyclic amines) is 1. The largest absolute Gasteiger partial charge is 0.473 e. The van der Waals surface area contributed by atoms with Crippen molar-refractivity contribution in [3.63, 3.8) is 0 Å². The van der Waals surface area contributed by atoms with E-state index >= 15 is 0 Å².